The summed E-state index contributed by atoms with van der Waals surface area (Å²) in [6.07, 6.45) is 0.623. The maximum Gasteiger partial charge on any atom is 0.374 e. The average molecular weight is 375 g/mol. The molecule has 0 radical (unpaired) electrons. The molecule has 2 amide bonds. The summed E-state index contributed by atoms with van der Waals surface area (Å²) in [7, 11) is 3.61. The summed E-state index contributed by atoms with van der Waals surface area (Å²) in [4.78, 5) is 44.5. The number of carboxylic acids is 1. The van der Waals surface area contributed by atoms with Gasteiger partial charge in [-0.1, -0.05) is 0 Å². The van der Waals surface area contributed by atoms with Crippen LogP contribution in [0.2, 0.25) is 0 Å². The highest BCUT2D eigenvalue weighted by Gasteiger charge is 2.28. The van der Waals surface area contributed by atoms with Crippen LogP contribution in [0, 0.1) is 0 Å². The van der Waals surface area contributed by atoms with E-state index in [1.165, 1.54) is 11.3 Å². The molecule has 0 aliphatic heterocycles. The molecule has 3 rings (SSSR count). The highest BCUT2D eigenvalue weighted by molar-refractivity contribution is 7.16. The molecule has 0 aliphatic rings. The normalized spacial score (nSPS) is 10.5. The van der Waals surface area contributed by atoms with Crippen LogP contribution >= 0.6 is 11.3 Å². The van der Waals surface area contributed by atoms with Gasteiger partial charge in [0.1, 0.15) is 22.0 Å². The van der Waals surface area contributed by atoms with Crippen molar-refractivity contribution in [3.63, 3.8) is 0 Å². The van der Waals surface area contributed by atoms with Crippen molar-refractivity contribution in [2.24, 2.45) is 0 Å². The van der Waals surface area contributed by atoms with E-state index in [4.69, 9.17) is 4.42 Å². The Hall–Kier alpha value is -3.47. The molecule has 3 N–H and O–H groups in total. The fourth-order valence-electron chi connectivity index (χ4n) is 2.41. The lowest BCUT2D eigenvalue weighted by Gasteiger charge is -2.13. The topological polar surface area (TPSA) is 138 Å². The van der Waals surface area contributed by atoms with Crippen molar-refractivity contribution >= 4 is 57.5 Å². The van der Waals surface area contributed by atoms with E-state index in [9.17, 15) is 19.5 Å². The number of aromatic nitrogens is 2. The molecule has 0 fully saturated rings. The fourth-order valence-corrected chi connectivity index (χ4v) is 3.17. The molecule has 134 valence electrons. The third-order valence-electron chi connectivity index (χ3n) is 3.44. The van der Waals surface area contributed by atoms with Crippen molar-refractivity contribution in [3.05, 3.63) is 17.2 Å². The van der Waals surface area contributed by atoms with E-state index < -0.39 is 11.7 Å². The van der Waals surface area contributed by atoms with E-state index in [-0.39, 0.29) is 29.4 Å². The first kappa shape index (κ1) is 17.4. The molecule has 0 aliphatic carbocycles. The van der Waals surface area contributed by atoms with Crippen LogP contribution in [-0.2, 0) is 9.59 Å². The number of nitrogens with zero attached hydrogens (tertiary/aromatic N) is 3. The van der Waals surface area contributed by atoms with Gasteiger partial charge < -0.3 is 25.1 Å². The maximum atomic E-state index is 11.4. The van der Waals surface area contributed by atoms with Crippen LogP contribution in [0.1, 0.15) is 10.6 Å². The highest BCUT2D eigenvalue weighted by Crippen LogP contribution is 2.40. The van der Waals surface area contributed by atoms with Gasteiger partial charge in [0, 0.05) is 14.1 Å². The van der Waals surface area contributed by atoms with E-state index in [1.807, 2.05) is 11.4 Å². The van der Waals surface area contributed by atoms with E-state index in [0.29, 0.717) is 17.1 Å². The molecule has 0 aromatic carbocycles. The number of hydrogen-bond donors (Lipinski definition) is 3. The van der Waals surface area contributed by atoms with E-state index in [1.54, 1.807) is 19.0 Å². The van der Waals surface area contributed by atoms with Crippen LogP contribution in [0.25, 0.3) is 21.8 Å². The minimum absolute atomic E-state index is 0.0369. The Morgan fingerprint density at radius 1 is 1.23 bits per heavy atom. The second-order valence-electron chi connectivity index (χ2n) is 5.24. The van der Waals surface area contributed by atoms with Crippen molar-refractivity contribution in [2.45, 2.75) is 0 Å². The van der Waals surface area contributed by atoms with Crippen LogP contribution in [0.3, 0.4) is 0 Å². The average Bonchev–Trinajstić information content (AvgIpc) is 3.20. The lowest BCUT2D eigenvalue weighted by atomic mass is 10.2. The lowest BCUT2D eigenvalue weighted by molar-refractivity contribution is -0.106. The van der Waals surface area contributed by atoms with Gasteiger partial charge in [-0.05, 0) is 11.4 Å². The number of aromatic carboxylic acids is 1. The van der Waals surface area contributed by atoms with Gasteiger partial charge in [-0.15, -0.1) is 11.3 Å². The number of anilines is 3. The smallest absolute Gasteiger partial charge is 0.374 e. The molecule has 3 heterocycles. The van der Waals surface area contributed by atoms with Gasteiger partial charge >= 0.3 is 5.97 Å². The number of thiophene rings is 1. The monoisotopic (exact) mass is 375 g/mol. The first-order chi connectivity index (χ1) is 12.5. The van der Waals surface area contributed by atoms with Crippen molar-refractivity contribution in [3.8, 4) is 11.6 Å². The number of furan rings is 1. The number of carbonyl (C=O) groups is 3. The molecular formula is C15H13N5O5S. The zero-order valence-electron chi connectivity index (χ0n) is 13.6. The number of nitrogens with one attached hydrogen (secondary N) is 2. The van der Waals surface area contributed by atoms with E-state index in [2.05, 4.69) is 20.6 Å². The summed E-state index contributed by atoms with van der Waals surface area (Å²) in [5.41, 5.74) is -0.221. The standard InChI is InChI=1S/C15H13N5O5S/c1-20(2)13-7-3-4-26-14(7)19-12(18-13)10-8(16-5-21)9(17-6-22)11(25-10)15(23)24/h3-6H,1-2H3,(H,16,21)(H,17,22)(H,23,24). The molecule has 0 unspecified atom stereocenters. The minimum atomic E-state index is -1.42. The van der Waals surface area contributed by atoms with Crippen molar-refractivity contribution in [1.29, 1.82) is 0 Å². The Morgan fingerprint density at radius 3 is 2.54 bits per heavy atom. The maximum absolute atomic E-state index is 11.4. The number of hydrogen-bond acceptors (Lipinski definition) is 8. The first-order valence-electron chi connectivity index (χ1n) is 7.21. The lowest BCUT2D eigenvalue weighted by Crippen LogP contribution is -2.12. The van der Waals surface area contributed by atoms with Gasteiger partial charge in [0.2, 0.25) is 24.4 Å². The summed E-state index contributed by atoms with van der Waals surface area (Å²) in [6.45, 7) is 0. The van der Waals surface area contributed by atoms with E-state index >= 15 is 0 Å². The van der Waals surface area contributed by atoms with Crippen molar-refractivity contribution in [2.75, 3.05) is 29.6 Å². The second kappa shape index (κ2) is 6.80. The second-order valence-corrected chi connectivity index (χ2v) is 6.14. The van der Waals surface area contributed by atoms with Gasteiger partial charge in [0.05, 0.1) is 5.39 Å². The predicted octanol–water partition coefficient (Wildman–Crippen LogP) is 1.85. The number of rotatable bonds is 7. The molecule has 26 heavy (non-hydrogen) atoms. The molecule has 3 aromatic rings. The van der Waals surface area contributed by atoms with Crippen molar-refractivity contribution in [1.82, 2.24) is 9.97 Å². The summed E-state index contributed by atoms with van der Waals surface area (Å²) in [6, 6.07) is 1.87. The molecule has 10 nitrogen and oxygen atoms in total. The van der Waals surface area contributed by atoms with Gasteiger partial charge in [-0.25, -0.2) is 14.8 Å². The van der Waals surface area contributed by atoms with E-state index in [0.717, 1.165) is 5.39 Å². The summed E-state index contributed by atoms with van der Waals surface area (Å²) >= 11 is 1.38. The number of carboxylic acid groups (broad SMARTS) is 1. The van der Waals surface area contributed by atoms with Crippen LogP contribution in [0.4, 0.5) is 17.2 Å². The third kappa shape index (κ3) is 2.84. The SMILES string of the molecule is CN(C)c1nc(-c2oc(C(=O)O)c(NC=O)c2NC=O)nc2sccc12. The number of fused-ring (bicyclic) bond motifs is 1. The summed E-state index contributed by atoms with van der Waals surface area (Å²) in [5, 5.41) is 16.6. The summed E-state index contributed by atoms with van der Waals surface area (Å²) in [5.74, 6) is -1.36. The van der Waals surface area contributed by atoms with Gasteiger partial charge in [0.15, 0.2) is 5.76 Å². The summed E-state index contributed by atoms with van der Waals surface area (Å²) < 4.78 is 5.38. The van der Waals surface area contributed by atoms with Crippen LogP contribution in [0.15, 0.2) is 15.9 Å². The molecule has 0 spiro atoms. The van der Waals surface area contributed by atoms with Crippen LogP contribution in [0.5, 0.6) is 0 Å². The molecule has 0 atom stereocenters. The van der Waals surface area contributed by atoms with Gasteiger partial charge in [-0.3, -0.25) is 9.59 Å². The Balaban J connectivity index is 2.30. The molecule has 11 heteroatoms. The number of amides is 2. The zero-order valence-corrected chi connectivity index (χ0v) is 14.5. The Labute approximate surface area is 150 Å². The largest absolute Gasteiger partial charge is 0.475 e. The zero-order chi connectivity index (χ0) is 18.8. The highest BCUT2D eigenvalue weighted by atomic mass is 32.1. The van der Waals surface area contributed by atoms with Crippen molar-refractivity contribution < 1.29 is 23.9 Å². The minimum Gasteiger partial charge on any atom is -0.475 e. The third-order valence-corrected chi connectivity index (χ3v) is 4.25. The molecule has 0 saturated heterocycles. The van der Waals surface area contributed by atoms with Gasteiger partial charge in [-0.2, -0.15) is 0 Å². The molecule has 3 aromatic heterocycles. The first-order valence-corrected chi connectivity index (χ1v) is 8.09. The molecule has 0 bridgehead atoms. The number of carbonyl (C=O) groups excluding carboxylic acids is 2. The Morgan fingerprint density at radius 2 is 1.92 bits per heavy atom. The fraction of sp³-hybridized carbons (Fsp3) is 0.133. The van der Waals surface area contributed by atoms with Crippen LogP contribution < -0.4 is 15.5 Å². The Bertz CT molecular complexity index is 1010. The molecular weight excluding hydrogens is 362 g/mol. The quantitative estimate of drug-likeness (QED) is 0.532. The Kier molecular flexibility index (Phi) is 4.54. The van der Waals surface area contributed by atoms with Crippen LogP contribution in [-0.4, -0.2) is 48.0 Å². The van der Waals surface area contributed by atoms with Gasteiger partial charge in [0.25, 0.3) is 0 Å². The molecule has 0 saturated carbocycles. The predicted molar refractivity (Wildman–Crippen MR) is 95.8 cm³/mol.